The molecule has 0 aliphatic carbocycles. The van der Waals surface area contributed by atoms with E-state index in [1.54, 1.807) is 6.07 Å². The van der Waals surface area contributed by atoms with Gasteiger partial charge >= 0.3 is 5.97 Å². The van der Waals surface area contributed by atoms with Crippen molar-refractivity contribution in [2.45, 2.75) is 0 Å². The molecule has 1 heterocycles. The summed E-state index contributed by atoms with van der Waals surface area (Å²) >= 11 is 0. The largest absolute Gasteiger partial charge is 0.449 e. The molecule has 0 unspecified atom stereocenters. The molecule has 0 aliphatic heterocycles. The van der Waals surface area contributed by atoms with Gasteiger partial charge in [0.05, 0.1) is 16.6 Å². The molecule has 0 saturated carbocycles. The van der Waals surface area contributed by atoms with Gasteiger partial charge in [0.25, 0.3) is 5.69 Å². The highest BCUT2D eigenvalue weighted by molar-refractivity contribution is 5.88. The van der Waals surface area contributed by atoms with Crippen LogP contribution in [0.15, 0.2) is 65.1 Å². The minimum Gasteiger partial charge on any atom is -0.449 e. The topological polar surface area (TPSA) is 106 Å². The molecule has 0 N–H and O–H groups in total. The van der Waals surface area contributed by atoms with E-state index in [1.165, 1.54) is 54.6 Å². The molecular formula is C18H10N2O5. The number of nitro groups is 1. The summed E-state index contributed by atoms with van der Waals surface area (Å²) in [4.78, 5) is 22.3. The molecule has 0 radical (unpaired) electrons. The Labute approximate surface area is 141 Å². The number of esters is 1. The lowest BCUT2D eigenvalue weighted by Gasteiger charge is -2.02. The smallest absolute Gasteiger partial charge is 0.379 e. The van der Waals surface area contributed by atoms with Crippen molar-refractivity contribution in [1.29, 1.82) is 5.26 Å². The van der Waals surface area contributed by atoms with Crippen molar-refractivity contribution in [3.05, 3.63) is 82.1 Å². The first kappa shape index (κ1) is 16.0. The molecule has 0 amide bonds. The monoisotopic (exact) mass is 334 g/mol. The lowest BCUT2D eigenvalue weighted by Crippen LogP contribution is -2.07. The third-order valence-electron chi connectivity index (χ3n) is 3.36. The maximum absolute atomic E-state index is 12.1. The van der Waals surface area contributed by atoms with Gasteiger partial charge in [-0.3, -0.25) is 10.1 Å². The predicted octanol–water partition coefficient (Wildman–Crippen LogP) is 3.95. The van der Waals surface area contributed by atoms with Crippen molar-refractivity contribution in [2.24, 2.45) is 0 Å². The Kier molecular flexibility index (Phi) is 4.26. The highest BCUT2D eigenvalue weighted by Crippen LogP contribution is 2.25. The van der Waals surface area contributed by atoms with Gasteiger partial charge in [-0.1, -0.05) is 0 Å². The van der Waals surface area contributed by atoms with E-state index in [-0.39, 0.29) is 17.2 Å². The maximum atomic E-state index is 12.1. The molecular weight excluding hydrogens is 324 g/mol. The minimum atomic E-state index is -0.683. The molecule has 25 heavy (non-hydrogen) atoms. The second-order valence-electron chi connectivity index (χ2n) is 4.99. The standard InChI is InChI=1S/C18H10N2O5/c19-11-12-1-7-15(8-2-12)24-18(21)17-10-9-16(25-17)13-3-5-14(6-4-13)20(22)23/h1-10H. The van der Waals surface area contributed by atoms with Crippen molar-refractivity contribution in [3.8, 4) is 23.1 Å². The molecule has 0 spiro atoms. The number of furan rings is 1. The van der Waals surface area contributed by atoms with Crippen LogP contribution in [0.1, 0.15) is 16.1 Å². The third-order valence-corrected chi connectivity index (χ3v) is 3.36. The van der Waals surface area contributed by atoms with Gasteiger partial charge in [-0.05, 0) is 48.5 Å². The van der Waals surface area contributed by atoms with Crippen LogP contribution in [-0.2, 0) is 0 Å². The van der Waals surface area contributed by atoms with Crippen LogP contribution in [0.3, 0.4) is 0 Å². The van der Waals surface area contributed by atoms with Gasteiger partial charge in [0.2, 0.25) is 5.76 Å². The van der Waals surface area contributed by atoms with Crippen molar-refractivity contribution < 1.29 is 18.9 Å². The third kappa shape index (κ3) is 3.54. The Bertz CT molecular complexity index is 966. The molecule has 7 heteroatoms. The number of nitro benzene ring substituents is 1. The number of rotatable bonds is 4. The normalized spacial score (nSPS) is 10.0. The fourth-order valence-electron chi connectivity index (χ4n) is 2.10. The molecule has 7 nitrogen and oxygen atoms in total. The Hall–Kier alpha value is -3.92. The molecule has 0 aliphatic rings. The molecule has 3 rings (SSSR count). The Morgan fingerprint density at radius 2 is 1.72 bits per heavy atom. The fourth-order valence-corrected chi connectivity index (χ4v) is 2.10. The van der Waals surface area contributed by atoms with Crippen LogP contribution in [0.4, 0.5) is 5.69 Å². The lowest BCUT2D eigenvalue weighted by molar-refractivity contribution is -0.384. The first-order valence-corrected chi connectivity index (χ1v) is 7.14. The van der Waals surface area contributed by atoms with Gasteiger partial charge in [-0.25, -0.2) is 4.79 Å². The number of non-ortho nitro benzene ring substituents is 1. The molecule has 0 bridgehead atoms. The molecule has 122 valence electrons. The number of nitriles is 1. The van der Waals surface area contributed by atoms with Crippen LogP contribution >= 0.6 is 0 Å². The summed E-state index contributed by atoms with van der Waals surface area (Å²) < 4.78 is 10.6. The summed E-state index contributed by atoms with van der Waals surface area (Å²) in [6.45, 7) is 0. The van der Waals surface area contributed by atoms with Crippen LogP contribution in [0.2, 0.25) is 0 Å². The van der Waals surface area contributed by atoms with Gasteiger partial charge in [-0.15, -0.1) is 0 Å². The number of hydrogen-bond acceptors (Lipinski definition) is 6. The van der Waals surface area contributed by atoms with E-state index in [0.717, 1.165) is 0 Å². The van der Waals surface area contributed by atoms with E-state index in [1.807, 2.05) is 6.07 Å². The van der Waals surface area contributed by atoms with Crippen molar-refractivity contribution in [1.82, 2.24) is 0 Å². The zero-order valence-electron chi connectivity index (χ0n) is 12.7. The van der Waals surface area contributed by atoms with E-state index in [0.29, 0.717) is 16.9 Å². The van der Waals surface area contributed by atoms with Gasteiger partial charge in [0.1, 0.15) is 11.5 Å². The number of carbonyl (C=O) groups excluding carboxylic acids is 1. The van der Waals surface area contributed by atoms with Gasteiger partial charge in [0, 0.05) is 17.7 Å². The highest BCUT2D eigenvalue weighted by Gasteiger charge is 2.15. The number of benzene rings is 2. The number of nitrogens with zero attached hydrogens (tertiary/aromatic N) is 2. The van der Waals surface area contributed by atoms with Crippen LogP contribution in [-0.4, -0.2) is 10.9 Å². The zero-order chi connectivity index (χ0) is 17.8. The van der Waals surface area contributed by atoms with Gasteiger partial charge in [0.15, 0.2) is 0 Å². The Balaban J connectivity index is 1.74. The van der Waals surface area contributed by atoms with E-state index in [9.17, 15) is 14.9 Å². The second kappa shape index (κ2) is 6.68. The number of hydrogen-bond donors (Lipinski definition) is 0. The predicted molar refractivity (Wildman–Crippen MR) is 86.9 cm³/mol. The quantitative estimate of drug-likeness (QED) is 0.309. The summed E-state index contributed by atoms with van der Waals surface area (Å²) in [5, 5.41) is 19.4. The summed E-state index contributed by atoms with van der Waals surface area (Å²) in [7, 11) is 0. The van der Waals surface area contributed by atoms with Crippen LogP contribution in [0.25, 0.3) is 11.3 Å². The van der Waals surface area contributed by atoms with Crippen molar-refractivity contribution >= 4 is 11.7 Å². The molecule has 1 aromatic heterocycles. The number of carbonyl (C=O) groups is 1. The SMILES string of the molecule is N#Cc1ccc(OC(=O)c2ccc(-c3ccc([N+](=O)[O-])cc3)o2)cc1. The van der Waals surface area contributed by atoms with Crippen LogP contribution in [0.5, 0.6) is 5.75 Å². The molecule has 0 fully saturated rings. The van der Waals surface area contributed by atoms with Gasteiger partial charge in [-0.2, -0.15) is 5.26 Å². The summed E-state index contributed by atoms with van der Waals surface area (Å²) in [5.41, 5.74) is 1.03. The fraction of sp³-hybridized carbons (Fsp3) is 0. The minimum absolute atomic E-state index is 0.00212. The first-order valence-electron chi connectivity index (χ1n) is 7.14. The summed E-state index contributed by atoms with van der Waals surface area (Å²) in [6, 6.07) is 16.9. The molecule has 0 atom stereocenters. The van der Waals surface area contributed by atoms with Crippen LogP contribution < -0.4 is 4.74 Å². The van der Waals surface area contributed by atoms with Crippen molar-refractivity contribution in [2.75, 3.05) is 0 Å². The van der Waals surface area contributed by atoms with Crippen molar-refractivity contribution in [3.63, 3.8) is 0 Å². The van der Waals surface area contributed by atoms with E-state index in [2.05, 4.69) is 0 Å². The van der Waals surface area contributed by atoms with Crippen LogP contribution in [0, 0.1) is 21.4 Å². The number of ether oxygens (including phenoxy) is 1. The van der Waals surface area contributed by atoms with E-state index >= 15 is 0 Å². The van der Waals surface area contributed by atoms with E-state index < -0.39 is 10.9 Å². The Morgan fingerprint density at radius 3 is 2.32 bits per heavy atom. The Morgan fingerprint density at radius 1 is 1.04 bits per heavy atom. The molecule has 3 aromatic rings. The molecule has 0 saturated heterocycles. The molecule has 2 aromatic carbocycles. The second-order valence-corrected chi connectivity index (χ2v) is 4.99. The first-order chi connectivity index (χ1) is 12.1. The van der Waals surface area contributed by atoms with E-state index in [4.69, 9.17) is 14.4 Å². The average Bonchev–Trinajstić information content (AvgIpc) is 3.13. The lowest BCUT2D eigenvalue weighted by atomic mass is 10.1. The maximum Gasteiger partial charge on any atom is 0.379 e. The zero-order valence-corrected chi connectivity index (χ0v) is 12.7. The average molecular weight is 334 g/mol. The summed E-state index contributed by atoms with van der Waals surface area (Å²) in [6.07, 6.45) is 0. The summed E-state index contributed by atoms with van der Waals surface area (Å²) in [5.74, 6) is -0.00505. The highest BCUT2D eigenvalue weighted by atomic mass is 16.6. The van der Waals surface area contributed by atoms with Gasteiger partial charge < -0.3 is 9.15 Å².